The highest BCUT2D eigenvalue weighted by molar-refractivity contribution is 7.98. The van der Waals surface area contributed by atoms with E-state index in [2.05, 4.69) is 13.2 Å². The molecule has 1 saturated heterocycles. The van der Waals surface area contributed by atoms with Crippen LogP contribution in [0.4, 0.5) is 0 Å². The van der Waals surface area contributed by atoms with Gasteiger partial charge in [0, 0.05) is 13.1 Å². The zero-order valence-corrected chi connectivity index (χ0v) is 13.8. The number of rotatable bonds is 6. The predicted molar refractivity (Wildman–Crippen MR) is 85.1 cm³/mol. The minimum absolute atomic E-state index is 0.203. The highest BCUT2D eigenvalue weighted by Crippen LogP contribution is 2.25. The third-order valence-electron chi connectivity index (χ3n) is 4.56. The molecule has 0 aromatic heterocycles. The zero-order valence-electron chi connectivity index (χ0n) is 13.0. The quantitative estimate of drug-likeness (QED) is 0.753. The maximum Gasteiger partial charge on any atom is 0.251 e. The van der Waals surface area contributed by atoms with Gasteiger partial charge >= 0.3 is 0 Å². The number of likely N-dealkylation sites (tertiary alicyclic amines) is 1. The monoisotopic (exact) mass is 299 g/mol. The SMILES string of the molecule is CC[C@@H](OC1CCCCC1)C(=O)N1CC[C@H](CSC)C1. The summed E-state index contributed by atoms with van der Waals surface area (Å²) in [7, 11) is 0. The van der Waals surface area contributed by atoms with Crippen molar-refractivity contribution in [3.63, 3.8) is 0 Å². The standard InChI is InChI=1S/C16H29NO2S/c1-3-15(19-14-7-5-4-6-8-14)16(18)17-10-9-13(11-17)12-20-2/h13-15H,3-12H2,1-2H3/t13-,15+/m0/s1. The van der Waals surface area contributed by atoms with Crippen molar-refractivity contribution in [3.05, 3.63) is 0 Å². The molecule has 1 heterocycles. The lowest BCUT2D eigenvalue weighted by atomic mass is 9.97. The second-order valence-electron chi connectivity index (χ2n) is 6.19. The van der Waals surface area contributed by atoms with Crippen molar-refractivity contribution in [1.82, 2.24) is 4.90 Å². The summed E-state index contributed by atoms with van der Waals surface area (Å²) in [6, 6.07) is 0. The number of ether oxygens (including phenoxy) is 1. The van der Waals surface area contributed by atoms with Crippen molar-refractivity contribution in [2.24, 2.45) is 5.92 Å². The van der Waals surface area contributed by atoms with Gasteiger partial charge in [0.05, 0.1) is 6.10 Å². The first-order chi connectivity index (χ1) is 9.74. The Morgan fingerprint density at radius 2 is 2.05 bits per heavy atom. The van der Waals surface area contributed by atoms with Crippen molar-refractivity contribution in [2.45, 2.75) is 64.1 Å². The molecule has 0 bridgehead atoms. The number of amides is 1. The van der Waals surface area contributed by atoms with Crippen LogP contribution in [0.3, 0.4) is 0 Å². The lowest BCUT2D eigenvalue weighted by molar-refractivity contribution is -0.148. The van der Waals surface area contributed by atoms with E-state index < -0.39 is 0 Å². The van der Waals surface area contributed by atoms with Crippen LogP contribution in [0, 0.1) is 5.92 Å². The third kappa shape index (κ3) is 4.39. The van der Waals surface area contributed by atoms with E-state index in [1.165, 1.54) is 25.0 Å². The Morgan fingerprint density at radius 3 is 2.70 bits per heavy atom. The number of hydrogen-bond acceptors (Lipinski definition) is 3. The molecule has 3 nitrogen and oxygen atoms in total. The molecule has 0 spiro atoms. The second kappa shape index (κ2) is 8.28. The fraction of sp³-hybridized carbons (Fsp3) is 0.938. The molecule has 1 aliphatic carbocycles. The van der Waals surface area contributed by atoms with Gasteiger partial charge in [-0.05, 0) is 43.6 Å². The largest absolute Gasteiger partial charge is 0.365 e. The molecule has 1 saturated carbocycles. The van der Waals surface area contributed by atoms with E-state index in [4.69, 9.17) is 4.74 Å². The molecule has 0 N–H and O–H groups in total. The predicted octanol–water partition coefficient (Wildman–Crippen LogP) is 3.33. The molecule has 4 heteroatoms. The number of nitrogens with zero attached hydrogens (tertiary/aromatic N) is 1. The summed E-state index contributed by atoms with van der Waals surface area (Å²) in [5, 5.41) is 0. The molecule has 2 aliphatic rings. The summed E-state index contributed by atoms with van der Waals surface area (Å²) in [6.45, 7) is 3.93. The van der Waals surface area contributed by atoms with Crippen LogP contribution >= 0.6 is 11.8 Å². The lowest BCUT2D eigenvalue weighted by Crippen LogP contribution is -2.41. The van der Waals surface area contributed by atoms with Gasteiger partial charge in [-0.25, -0.2) is 0 Å². The van der Waals surface area contributed by atoms with E-state index in [-0.39, 0.29) is 12.0 Å². The molecule has 20 heavy (non-hydrogen) atoms. The average molecular weight is 299 g/mol. The second-order valence-corrected chi connectivity index (χ2v) is 7.10. The Labute approximate surface area is 127 Å². The Kier molecular flexibility index (Phi) is 6.69. The van der Waals surface area contributed by atoms with Gasteiger partial charge in [-0.15, -0.1) is 0 Å². The van der Waals surface area contributed by atoms with Crippen LogP contribution in [0.2, 0.25) is 0 Å². The minimum Gasteiger partial charge on any atom is -0.365 e. The van der Waals surface area contributed by atoms with Crippen LogP contribution in [0.5, 0.6) is 0 Å². The average Bonchev–Trinajstić information content (AvgIpc) is 2.94. The van der Waals surface area contributed by atoms with Crippen LogP contribution in [-0.4, -0.2) is 48.1 Å². The van der Waals surface area contributed by atoms with Gasteiger partial charge in [-0.3, -0.25) is 4.79 Å². The van der Waals surface area contributed by atoms with Crippen LogP contribution in [0.25, 0.3) is 0 Å². The summed E-state index contributed by atoms with van der Waals surface area (Å²) >= 11 is 1.89. The summed E-state index contributed by atoms with van der Waals surface area (Å²) in [5.74, 6) is 2.09. The van der Waals surface area contributed by atoms with Gasteiger partial charge in [0.25, 0.3) is 5.91 Å². The number of carbonyl (C=O) groups excluding carboxylic acids is 1. The van der Waals surface area contributed by atoms with Gasteiger partial charge in [0.2, 0.25) is 0 Å². The zero-order chi connectivity index (χ0) is 14.4. The summed E-state index contributed by atoms with van der Waals surface area (Å²) in [6.07, 6.45) is 10.3. The molecule has 1 aliphatic heterocycles. The third-order valence-corrected chi connectivity index (χ3v) is 5.36. The minimum atomic E-state index is -0.203. The molecular formula is C16H29NO2S. The Bertz CT molecular complexity index is 305. The van der Waals surface area contributed by atoms with Crippen molar-refractivity contribution in [3.8, 4) is 0 Å². The molecular weight excluding hydrogens is 270 g/mol. The van der Waals surface area contributed by atoms with Crippen LogP contribution in [-0.2, 0) is 9.53 Å². The number of thioether (sulfide) groups is 1. The number of carbonyl (C=O) groups is 1. The summed E-state index contributed by atoms with van der Waals surface area (Å²) < 4.78 is 6.11. The first-order valence-corrected chi connectivity index (χ1v) is 9.57. The van der Waals surface area contributed by atoms with Gasteiger partial charge in [-0.1, -0.05) is 26.2 Å². The first-order valence-electron chi connectivity index (χ1n) is 8.17. The molecule has 1 amide bonds. The fourth-order valence-corrected chi connectivity index (χ4v) is 4.11. The van der Waals surface area contributed by atoms with E-state index in [1.54, 1.807) is 0 Å². The maximum absolute atomic E-state index is 12.6. The smallest absolute Gasteiger partial charge is 0.251 e. The molecule has 2 atom stereocenters. The summed E-state index contributed by atoms with van der Waals surface area (Å²) in [5.41, 5.74) is 0. The molecule has 0 radical (unpaired) electrons. The Hall–Kier alpha value is -0.220. The fourth-order valence-electron chi connectivity index (χ4n) is 3.37. The van der Waals surface area contributed by atoms with Gasteiger partial charge < -0.3 is 9.64 Å². The van der Waals surface area contributed by atoms with Gasteiger partial charge in [0.1, 0.15) is 6.10 Å². The number of hydrogen-bond donors (Lipinski definition) is 0. The Morgan fingerprint density at radius 1 is 1.30 bits per heavy atom. The maximum atomic E-state index is 12.6. The van der Waals surface area contributed by atoms with E-state index in [1.807, 2.05) is 16.7 Å². The highest BCUT2D eigenvalue weighted by Gasteiger charge is 2.31. The van der Waals surface area contributed by atoms with Gasteiger partial charge in [-0.2, -0.15) is 11.8 Å². The lowest BCUT2D eigenvalue weighted by Gasteiger charge is -2.29. The molecule has 0 unspecified atom stereocenters. The molecule has 0 aromatic carbocycles. The van der Waals surface area contributed by atoms with E-state index in [9.17, 15) is 4.79 Å². The van der Waals surface area contributed by atoms with Gasteiger partial charge in [0.15, 0.2) is 0 Å². The van der Waals surface area contributed by atoms with Crippen molar-refractivity contribution in [1.29, 1.82) is 0 Å². The van der Waals surface area contributed by atoms with Crippen LogP contribution in [0.15, 0.2) is 0 Å². The first kappa shape index (κ1) is 16.2. The van der Waals surface area contributed by atoms with E-state index in [0.29, 0.717) is 12.0 Å². The molecule has 2 fully saturated rings. The van der Waals surface area contributed by atoms with Crippen LogP contribution in [0.1, 0.15) is 51.9 Å². The highest BCUT2D eigenvalue weighted by atomic mass is 32.2. The topological polar surface area (TPSA) is 29.5 Å². The van der Waals surface area contributed by atoms with Crippen molar-refractivity contribution >= 4 is 17.7 Å². The van der Waals surface area contributed by atoms with E-state index >= 15 is 0 Å². The Balaban J connectivity index is 1.82. The van der Waals surface area contributed by atoms with Crippen molar-refractivity contribution in [2.75, 3.05) is 25.1 Å². The normalized spacial score (nSPS) is 25.9. The molecule has 116 valence electrons. The molecule has 2 rings (SSSR count). The van der Waals surface area contributed by atoms with E-state index in [0.717, 1.165) is 38.8 Å². The summed E-state index contributed by atoms with van der Waals surface area (Å²) in [4.78, 5) is 14.6. The van der Waals surface area contributed by atoms with Crippen molar-refractivity contribution < 1.29 is 9.53 Å². The van der Waals surface area contributed by atoms with Crippen LogP contribution < -0.4 is 0 Å². The molecule has 0 aromatic rings.